The second-order valence-electron chi connectivity index (χ2n) is 4.65. The van der Waals surface area contributed by atoms with Crippen molar-refractivity contribution >= 4 is 11.6 Å². The van der Waals surface area contributed by atoms with Gasteiger partial charge in [-0.15, -0.1) is 0 Å². The molecule has 0 spiro atoms. The van der Waals surface area contributed by atoms with Crippen LogP contribution in [0.25, 0.3) is 0 Å². The van der Waals surface area contributed by atoms with Gasteiger partial charge in [-0.05, 0) is 29.5 Å². The molecule has 1 aromatic rings. The molecule has 2 rings (SSSR count). The SMILES string of the molecule is CC(C)CN1CCc2cc(Cl)ncc2C1. The topological polar surface area (TPSA) is 16.1 Å². The lowest BCUT2D eigenvalue weighted by Gasteiger charge is -2.29. The van der Waals surface area contributed by atoms with E-state index in [-0.39, 0.29) is 0 Å². The van der Waals surface area contributed by atoms with Gasteiger partial charge in [-0.3, -0.25) is 4.90 Å². The van der Waals surface area contributed by atoms with Gasteiger partial charge in [0, 0.05) is 25.8 Å². The van der Waals surface area contributed by atoms with Crippen LogP contribution in [0.1, 0.15) is 25.0 Å². The monoisotopic (exact) mass is 224 g/mol. The Bertz CT molecular complexity index is 349. The van der Waals surface area contributed by atoms with Crippen LogP contribution < -0.4 is 0 Å². The molecule has 2 heterocycles. The Hall–Kier alpha value is -0.600. The van der Waals surface area contributed by atoms with E-state index in [1.807, 2.05) is 12.3 Å². The molecule has 2 nitrogen and oxygen atoms in total. The number of aromatic nitrogens is 1. The Morgan fingerprint density at radius 1 is 1.47 bits per heavy atom. The zero-order valence-corrected chi connectivity index (χ0v) is 10.1. The first-order chi connectivity index (χ1) is 7.15. The molecule has 0 amide bonds. The number of hydrogen-bond acceptors (Lipinski definition) is 2. The molecule has 0 aliphatic carbocycles. The standard InChI is InChI=1S/C12H17ClN2/c1-9(2)7-15-4-3-10-5-12(13)14-6-11(10)8-15/h5-6,9H,3-4,7-8H2,1-2H3. The van der Waals surface area contributed by atoms with Crippen molar-refractivity contribution in [3.8, 4) is 0 Å². The third-order valence-corrected chi connectivity index (χ3v) is 2.97. The molecule has 0 N–H and O–H groups in total. The average molecular weight is 225 g/mol. The molecule has 1 aliphatic heterocycles. The summed E-state index contributed by atoms with van der Waals surface area (Å²) in [4.78, 5) is 6.63. The van der Waals surface area contributed by atoms with Crippen LogP contribution in [0.3, 0.4) is 0 Å². The fourth-order valence-corrected chi connectivity index (χ4v) is 2.32. The highest BCUT2D eigenvalue weighted by Gasteiger charge is 2.17. The lowest BCUT2D eigenvalue weighted by Crippen LogP contribution is -2.33. The Morgan fingerprint density at radius 3 is 3.00 bits per heavy atom. The maximum Gasteiger partial charge on any atom is 0.129 e. The molecule has 1 aliphatic rings. The summed E-state index contributed by atoms with van der Waals surface area (Å²) in [5.41, 5.74) is 2.71. The summed E-state index contributed by atoms with van der Waals surface area (Å²) in [7, 11) is 0. The molecule has 15 heavy (non-hydrogen) atoms. The molecular formula is C12H17ClN2. The zero-order valence-electron chi connectivity index (χ0n) is 9.33. The van der Waals surface area contributed by atoms with Crippen LogP contribution in [-0.4, -0.2) is 23.0 Å². The normalized spacial score (nSPS) is 16.8. The van der Waals surface area contributed by atoms with Gasteiger partial charge in [0.25, 0.3) is 0 Å². The molecule has 1 aromatic heterocycles. The van der Waals surface area contributed by atoms with Gasteiger partial charge >= 0.3 is 0 Å². The van der Waals surface area contributed by atoms with Crippen molar-refractivity contribution in [2.45, 2.75) is 26.8 Å². The van der Waals surface area contributed by atoms with Crippen LogP contribution in [0.2, 0.25) is 5.15 Å². The minimum absolute atomic E-state index is 0.617. The van der Waals surface area contributed by atoms with E-state index in [0.717, 1.165) is 25.4 Å². The van der Waals surface area contributed by atoms with Crippen LogP contribution >= 0.6 is 11.6 Å². The van der Waals surface area contributed by atoms with Crippen molar-refractivity contribution in [3.63, 3.8) is 0 Å². The average Bonchev–Trinajstić information content (AvgIpc) is 2.17. The van der Waals surface area contributed by atoms with Crippen molar-refractivity contribution in [2.24, 2.45) is 5.92 Å². The second kappa shape index (κ2) is 4.50. The first-order valence-electron chi connectivity index (χ1n) is 5.51. The first kappa shape index (κ1) is 10.9. The van der Waals surface area contributed by atoms with Gasteiger partial charge in [0.15, 0.2) is 0 Å². The second-order valence-corrected chi connectivity index (χ2v) is 5.04. The number of rotatable bonds is 2. The highest BCUT2D eigenvalue weighted by atomic mass is 35.5. The number of hydrogen-bond donors (Lipinski definition) is 0. The summed E-state index contributed by atoms with van der Waals surface area (Å²) in [6.45, 7) is 7.86. The maximum atomic E-state index is 5.87. The number of fused-ring (bicyclic) bond motifs is 1. The van der Waals surface area contributed by atoms with Gasteiger partial charge in [0.05, 0.1) is 0 Å². The lowest BCUT2D eigenvalue weighted by atomic mass is 10.0. The smallest absolute Gasteiger partial charge is 0.129 e. The maximum absolute atomic E-state index is 5.87. The summed E-state index contributed by atoms with van der Waals surface area (Å²) < 4.78 is 0. The summed E-state index contributed by atoms with van der Waals surface area (Å²) >= 11 is 5.87. The van der Waals surface area contributed by atoms with Crippen LogP contribution in [0, 0.1) is 5.92 Å². The summed E-state index contributed by atoms with van der Waals surface area (Å²) in [6.07, 6.45) is 3.02. The van der Waals surface area contributed by atoms with Crippen molar-refractivity contribution in [1.29, 1.82) is 0 Å². The van der Waals surface area contributed by atoms with E-state index in [1.54, 1.807) is 0 Å². The molecule has 3 heteroatoms. The Kier molecular flexibility index (Phi) is 3.27. The molecule has 0 atom stereocenters. The van der Waals surface area contributed by atoms with Crippen LogP contribution in [0.15, 0.2) is 12.3 Å². The highest BCUT2D eigenvalue weighted by Crippen LogP contribution is 2.21. The first-order valence-corrected chi connectivity index (χ1v) is 5.88. The van der Waals surface area contributed by atoms with E-state index in [2.05, 4.69) is 23.7 Å². The fraction of sp³-hybridized carbons (Fsp3) is 0.583. The molecule has 0 fully saturated rings. The van der Waals surface area contributed by atoms with Crippen molar-refractivity contribution in [3.05, 3.63) is 28.5 Å². The number of halogens is 1. The van der Waals surface area contributed by atoms with E-state index in [4.69, 9.17) is 11.6 Å². The van der Waals surface area contributed by atoms with Gasteiger partial charge in [0.1, 0.15) is 5.15 Å². The Morgan fingerprint density at radius 2 is 2.27 bits per heavy atom. The predicted octanol–water partition coefficient (Wildman–Crippen LogP) is 2.75. The molecule has 0 saturated carbocycles. The van der Waals surface area contributed by atoms with Gasteiger partial charge in [0.2, 0.25) is 0 Å². The van der Waals surface area contributed by atoms with Gasteiger partial charge in [-0.1, -0.05) is 25.4 Å². The fourth-order valence-electron chi connectivity index (χ4n) is 2.14. The minimum atomic E-state index is 0.617. The predicted molar refractivity (Wildman–Crippen MR) is 63.1 cm³/mol. The zero-order chi connectivity index (χ0) is 10.8. The quantitative estimate of drug-likeness (QED) is 0.719. The molecule has 82 valence electrons. The van der Waals surface area contributed by atoms with Crippen LogP contribution in [-0.2, 0) is 13.0 Å². The molecule has 0 radical (unpaired) electrons. The minimum Gasteiger partial charge on any atom is -0.298 e. The van der Waals surface area contributed by atoms with E-state index in [9.17, 15) is 0 Å². The molecule has 0 unspecified atom stereocenters. The van der Waals surface area contributed by atoms with Gasteiger partial charge < -0.3 is 0 Å². The summed E-state index contributed by atoms with van der Waals surface area (Å²) in [5.74, 6) is 0.729. The largest absolute Gasteiger partial charge is 0.298 e. The van der Waals surface area contributed by atoms with Crippen molar-refractivity contribution in [1.82, 2.24) is 9.88 Å². The van der Waals surface area contributed by atoms with Crippen molar-refractivity contribution in [2.75, 3.05) is 13.1 Å². The van der Waals surface area contributed by atoms with Gasteiger partial charge in [-0.25, -0.2) is 4.98 Å². The summed E-state index contributed by atoms with van der Waals surface area (Å²) in [5, 5.41) is 0.617. The van der Waals surface area contributed by atoms with E-state index < -0.39 is 0 Å². The van der Waals surface area contributed by atoms with Gasteiger partial charge in [-0.2, -0.15) is 0 Å². The van der Waals surface area contributed by atoms with E-state index >= 15 is 0 Å². The van der Waals surface area contributed by atoms with E-state index in [0.29, 0.717) is 5.15 Å². The lowest BCUT2D eigenvalue weighted by molar-refractivity contribution is 0.226. The van der Waals surface area contributed by atoms with Crippen LogP contribution in [0.5, 0.6) is 0 Å². The Labute approximate surface area is 96.3 Å². The number of pyridine rings is 1. The summed E-state index contributed by atoms with van der Waals surface area (Å²) in [6, 6.07) is 2.00. The van der Waals surface area contributed by atoms with Crippen LogP contribution in [0.4, 0.5) is 0 Å². The number of nitrogens with zero attached hydrogens (tertiary/aromatic N) is 2. The van der Waals surface area contributed by atoms with Crippen molar-refractivity contribution < 1.29 is 0 Å². The van der Waals surface area contributed by atoms with E-state index in [1.165, 1.54) is 17.7 Å². The third kappa shape index (κ3) is 2.70. The molecular weight excluding hydrogens is 208 g/mol. The molecule has 0 aromatic carbocycles. The molecule has 0 bridgehead atoms. The molecule has 0 saturated heterocycles. The Balaban J connectivity index is 2.10. The highest BCUT2D eigenvalue weighted by molar-refractivity contribution is 6.29. The third-order valence-electron chi connectivity index (χ3n) is 2.76.